The summed E-state index contributed by atoms with van der Waals surface area (Å²) in [7, 11) is 0. The molecular weight excluding hydrogens is 274 g/mol. The average molecular weight is 289 g/mol. The molecule has 0 bridgehead atoms. The second-order valence-corrected chi connectivity index (χ2v) is 5.56. The normalized spacial score (nSPS) is 15.2. The van der Waals surface area contributed by atoms with Crippen molar-refractivity contribution in [3.05, 3.63) is 34.9 Å². The first-order chi connectivity index (χ1) is 9.81. The predicted molar refractivity (Wildman–Crippen MR) is 68.9 cm³/mol. The number of aromatic carboxylic acids is 1. The lowest BCUT2D eigenvalue weighted by molar-refractivity contribution is -0.311. The first-order valence-corrected chi connectivity index (χ1v) is 6.67. The molecule has 21 heavy (non-hydrogen) atoms. The van der Waals surface area contributed by atoms with E-state index in [0.717, 1.165) is 0 Å². The number of nitrogens with zero attached hydrogens (tertiary/aromatic N) is 1. The predicted octanol–water partition coefficient (Wildman–Crippen LogP) is -0.829. The summed E-state index contributed by atoms with van der Waals surface area (Å²) in [6.45, 7) is 3.86. The van der Waals surface area contributed by atoms with Crippen LogP contribution in [-0.2, 0) is 11.3 Å². The molecule has 1 amide bonds. The van der Waals surface area contributed by atoms with Crippen molar-refractivity contribution >= 4 is 17.8 Å². The van der Waals surface area contributed by atoms with Gasteiger partial charge in [-0.1, -0.05) is 26.0 Å². The van der Waals surface area contributed by atoms with E-state index in [4.69, 9.17) is 0 Å². The van der Waals surface area contributed by atoms with Gasteiger partial charge in [0.05, 0.1) is 18.0 Å². The second-order valence-electron chi connectivity index (χ2n) is 5.56. The molecule has 0 fully saturated rings. The third-order valence-corrected chi connectivity index (χ3v) is 3.52. The quantitative estimate of drug-likeness (QED) is 0.704. The van der Waals surface area contributed by atoms with Gasteiger partial charge in [0.1, 0.15) is 0 Å². The summed E-state index contributed by atoms with van der Waals surface area (Å²) in [6.07, 6.45) is 0.287. The number of carbonyl (C=O) groups is 3. The third-order valence-electron chi connectivity index (χ3n) is 3.52. The molecule has 1 aromatic carbocycles. The highest BCUT2D eigenvalue weighted by molar-refractivity contribution is 6.02. The van der Waals surface area contributed by atoms with Crippen molar-refractivity contribution in [2.24, 2.45) is 5.92 Å². The van der Waals surface area contributed by atoms with Gasteiger partial charge in [-0.05, 0) is 29.5 Å². The Bertz CT molecular complexity index is 608. The van der Waals surface area contributed by atoms with Gasteiger partial charge in [-0.3, -0.25) is 4.79 Å². The van der Waals surface area contributed by atoms with Crippen molar-refractivity contribution in [2.45, 2.75) is 32.9 Å². The molecule has 0 saturated heterocycles. The second kappa shape index (κ2) is 5.55. The van der Waals surface area contributed by atoms with Gasteiger partial charge in [-0.25, -0.2) is 0 Å². The molecule has 0 N–H and O–H groups in total. The largest absolute Gasteiger partial charge is 0.548 e. The van der Waals surface area contributed by atoms with Gasteiger partial charge in [-0.15, -0.1) is 0 Å². The van der Waals surface area contributed by atoms with Crippen LogP contribution in [0.15, 0.2) is 18.2 Å². The number of carboxylic acid groups (broad SMARTS) is 2. The van der Waals surface area contributed by atoms with E-state index in [1.165, 1.54) is 23.1 Å². The zero-order valence-electron chi connectivity index (χ0n) is 11.8. The van der Waals surface area contributed by atoms with Crippen LogP contribution in [0.25, 0.3) is 0 Å². The summed E-state index contributed by atoms with van der Waals surface area (Å²) in [5.41, 5.74) is 0.726. The number of carboxylic acids is 2. The molecule has 0 aromatic heterocycles. The maximum Gasteiger partial charge on any atom is 0.255 e. The van der Waals surface area contributed by atoms with Gasteiger partial charge in [0.25, 0.3) is 5.91 Å². The minimum atomic E-state index is -1.37. The van der Waals surface area contributed by atoms with Crippen molar-refractivity contribution in [1.29, 1.82) is 0 Å². The van der Waals surface area contributed by atoms with E-state index in [1.54, 1.807) is 0 Å². The van der Waals surface area contributed by atoms with Crippen LogP contribution in [0.4, 0.5) is 0 Å². The Morgan fingerprint density at radius 1 is 1.29 bits per heavy atom. The van der Waals surface area contributed by atoms with E-state index in [1.807, 2.05) is 13.8 Å². The van der Waals surface area contributed by atoms with Crippen LogP contribution < -0.4 is 10.2 Å². The van der Waals surface area contributed by atoms with E-state index in [0.29, 0.717) is 5.56 Å². The zero-order valence-corrected chi connectivity index (χ0v) is 11.8. The summed E-state index contributed by atoms with van der Waals surface area (Å²) >= 11 is 0. The average Bonchev–Trinajstić information content (AvgIpc) is 2.72. The summed E-state index contributed by atoms with van der Waals surface area (Å²) in [4.78, 5) is 35.7. The van der Waals surface area contributed by atoms with Crippen molar-refractivity contribution in [1.82, 2.24) is 4.90 Å². The number of hydrogen-bond donors (Lipinski definition) is 0. The first kappa shape index (κ1) is 15.0. The Balaban J connectivity index is 2.32. The van der Waals surface area contributed by atoms with Crippen LogP contribution in [-0.4, -0.2) is 28.8 Å². The molecular formula is C15H15NO5-2. The molecule has 2 rings (SSSR count). The minimum Gasteiger partial charge on any atom is -0.548 e. The fourth-order valence-electron chi connectivity index (χ4n) is 2.50. The van der Waals surface area contributed by atoms with E-state index in [-0.39, 0.29) is 30.0 Å². The van der Waals surface area contributed by atoms with E-state index >= 15 is 0 Å². The summed E-state index contributed by atoms with van der Waals surface area (Å²) in [5.74, 6) is -3.07. The maximum absolute atomic E-state index is 12.3. The van der Waals surface area contributed by atoms with Crippen LogP contribution in [0, 0.1) is 5.92 Å². The van der Waals surface area contributed by atoms with Gasteiger partial charge in [-0.2, -0.15) is 0 Å². The lowest BCUT2D eigenvalue weighted by Gasteiger charge is -2.29. The molecule has 1 aromatic rings. The van der Waals surface area contributed by atoms with Gasteiger partial charge in [0.2, 0.25) is 0 Å². The van der Waals surface area contributed by atoms with E-state index in [2.05, 4.69) is 0 Å². The number of carbonyl (C=O) groups excluding carboxylic acids is 3. The lowest BCUT2D eigenvalue weighted by Crippen LogP contribution is -2.48. The van der Waals surface area contributed by atoms with Crippen LogP contribution >= 0.6 is 0 Å². The fourth-order valence-corrected chi connectivity index (χ4v) is 2.50. The number of aliphatic carboxylic acids is 1. The SMILES string of the molecule is CC(C)CC(C(=O)[O-])N1Cc2ccc(C(=O)[O-])cc2C1=O. The maximum atomic E-state index is 12.3. The van der Waals surface area contributed by atoms with Gasteiger partial charge in [0.15, 0.2) is 0 Å². The Kier molecular flexibility index (Phi) is 3.97. The Labute approximate surface area is 122 Å². The monoisotopic (exact) mass is 289 g/mol. The molecule has 1 atom stereocenters. The van der Waals surface area contributed by atoms with Gasteiger partial charge in [0, 0.05) is 12.1 Å². The molecule has 0 spiro atoms. The van der Waals surface area contributed by atoms with Gasteiger partial charge < -0.3 is 24.7 Å². The number of fused-ring (bicyclic) bond motifs is 1. The van der Waals surface area contributed by atoms with E-state index in [9.17, 15) is 24.6 Å². The molecule has 1 aliphatic heterocycles. The van der Waals surface area contributed by atoms with Crippen LogP contribution in [0.3, 0.4) is 0 Å². The molecule has 6 heteroatoms. The lowest BCUT2D eigenvalue weighted by atomic mass is 10.0. The zero-order chi connectivity index (χ0) is 15.7. The Hall–Kier alpha value is -2.37. The highest BCUT2D eigenvalue weighted by Gasteiger charge is 2.33. The molecule has 6 nitrogen and oxygen atoms in total. The highest BCUT2D eigenvalue weighted by Crippen LogP contribution is 2.27. The molecule has 0 aliphatic carbocycles. The number of hydrogen-bond acceptors (Lipinski definition) is 5. The summed E-state index contributed by atoms with van der Waals surface area (Å²) in [6, 6.07) is 3.08. The standard InChI is InChI=1S/C15H17NO5/c1-8(2)5-12(15(20)21)16-7-10-4-3-9(14(18)19)6-11(10)13(16)17/h3-4,6,8,12H,5,7H2,1-2H3,(H,18,19)(H,20,21)/p-2. The smallest absolute Gasteiger partial charge is 0.255 e. The van der Waals surface area contributed by atoms with Crippen molar-refractivity contribution in [3.63, 3.8) is 0 Å². The molecule has 1 heterocycles. The number of amides is 1. The topological polar surface area (TPSA) is 101 Å². The Morgan fingerprint density at radius 2 is 1.95 bits per heavy atom. The molecule has 112 valence electrons. The number of benzene rings is 1. The molecule has 0 radical (unpaired) electrons. The third kappa shape index (κ3) is 2.89. The molecule has 1 unspecified atom stereocenters. The van der Waals surface area contributed by atoms with E-state index < -0.39 is 23.9 Å². The summed E-state index contributed by atoms with van der Waals surface area (Å²) in [5, 5.41) is 22.1. The van der Waals surface area contributed by atoms with Crippen molar-refractivity contribution in [2.75, 3.05) is 0 Å². The molecule has 0 saturated carbocycles. The highest BCUT2D eigenvalue weighted by atomic mass is 16.4. The Morgan fingerprint density at radius 3 is 2.48 bits per heavy atom. The fraction of sp³-hybridized carbons (Fsp3) is 0.400. The van der Waals surface area contributed by atoms with Crippen LogP contribution in [0.5, 0.6) is 0 Å². The van der Waals surface area contributed by atoms with Gasteiger partial charge >= 0.3 is 0 Å². The number of rotatable bonds is 5. The summed E-state index contributed by atoms with van der Waals surface area (Å²) < 4.78 is 0. The van der Waals surface area contributed by atoms with Crippen molar-refractivity contribution in [3.8, 4) is 0 Å². The van der Waals surface area contributed by atoms with Crippen molar-refractivity contribution < 1.29 is 24.6 Å². The van der Waals surface area contributed by atoms with Crippen LogP contribution in [0.2, 0.25) is 0 Å². The first-order valence-electron chi connectivity index (χ1n) is 6.67. The van der Waals surface area contributed by atoms with Crippen LogP contribution in [0.1, 0.15) is 46.5 Å². The minimum absolute atomic E-state index is 0.0863. The molecule has 1 aliphatic rings.